The molecule has 0 aliphatic rings. The minimum absolute atomic E-state index is 0.0155. The third-order valence-corrected chi connectivity index (χ3v) is 6.91. The SMILES string of the molecule is COC(=O)Cc1[nH]n(-c2ccc([N+](=O)[O-])cc2)c(=O)c1C(C)=Nc1ccc(S(=O)(=O)Nc2ccccn2)cc1. The highest BCUT2D eigenvalue weighted by Crippen LogP contribution is 2.21. The summed E-state index contributed by atoms with van der Waals surface area (Å²) in [6.45, 7) is 1.57. The Morgan fingerprint density at radius 1 is 1.13 bits per heavy atom. The monoisotopic (exact) mass is 550 g/mol. The van der Waals surface area contributed by atoms with Gasteiger partial charge in [0.2, 0.25) is 0 Å². The van der Waals surface area contributed by atoms with Gasteiger partial charge >= 0.3 is 5.97 Å². The molecule has 0 saturated heterocycles. The molecule has 200 valence electrons. The summed E-state index contributed by atoms with van der Waals surface area (Å²) in [7, 11) is -2.67. The predicted octanol–water partition coefficient (Wildman–Crippen LogP) is 3.13. The molecule has 39 heavy (non-hydrogen) atoms. The fourth-order valence-corrected chi connectivity index (χ4v) is 4.68. The van der Waals surface area contributed by atoms with Gasteiger partial charge in [-0.1, -0.05) is 6.07 Å². The third kappa shape index (κ3) is 6.07. The molecule has 2 aromatic heterocycles. The first-order valence-corrected chi connectivity index (χ1v) is 12.8. The second-order valence-electron chi connectivity index (χ2n) is 8.14. The second-order valence-corrected chi connectivity index (χ2v) is 9.83. The van der Waals surface area contributed by atoms with Crippen molar-refractivity contribution in [1.29, 1.82) is 0 Å². The van der Waals surface area contributed by atoms with E-state index in [1.807, 2.05) is 0 Å². The highest BCUT2D eigenvalue weighted by Gasteiger charge is 2.21. The number of anilines is 1. The largest absolute Gasteiger partial charge is 0.469 e. The number of aromatic nitrogens is 3. The third-order valence-electron chi connectivity index (χ3n) is 5.54. The summed E-state index contributed by atoms with van der Waals surface area (Å²) in [4.78, 5) is 44.2. The number of benzene rings is 2. The van der Waals surface area contributed by atoms with E-state index >= 15 is 0 Å². The predicted molar refractivity (Wildman–Crippen MR) is 142 cm³/mol. The normalized spacial score (nSPS) is 11.7. The molecule has 0 unspecified atom stereocenters. The van der Waals surface area contributed by atoms with Crippen molar-refractivity contribution in [2.75, 3.05) is 11.8 Å². The van der Waals surface area contributed by atoms with Crippen molar-refractivity contribution in [3.8, 4) is 5.69 Å². The number of nitrogens with zero attached hydrogens (tertiary/aromatic N) is 4. The number of nitro groups is 1. The number of methoxy groups -OCH3 is 1. The van der Waals surface area contributed by atoms with Gasteiger partial charge in [-0.2, -0.15) is 0 Å². The van der Waals surface area contributed by atoms with Crippen LogP contribution in [0.25, 0.3) is 5.69 Å². The highest BCUT2D eigenvalue weighted by atomic mass is 32.2. The van der Waals surface area contributed by atoms with Crippen LogP contribution >= 0.6 is 0 Å². The van der Waals surface area contributed by atoms with Crippen LogP contribution in [0.4, 0.5) is 17.2 Å². The first-order chi connectivity index (χ1) is 18.6. The minimum atomic E-state index is -3.89. The van der Waals surface area contributed by atoms with E-state index in [1.165, 1.54) is 67.9 Å². The van der Waals surface area contributed by atoms with Gasteiger partial charge in [0.15, 0.2) is 0 Å². The van der Waals surface area contributed by atoms with Crippen molar-refractivity contribution < 1.29 is 22.9 Å². The molecule has 0 amide bonds. The minimum Gasteiger partial charge on any atom is -0.469 e. The Hall–Kier alpha value is -5.11. The Balaban J connectivity index is 1.67. The molecule has 14 heteroatoms. The smallest absolute Gasteiger partial charge is 0.311 e. The number of ether oxygens (including phenoxy) is 1. The van der Waals surface area contributed by atoms with Crippen LogP contribution in [0.5, 0.6) is 0 Å². The molecule has 4 aromatic rings. The van der Waals surface area contributed by atoms with Gasteiger partial charge in [-0.05, 0) is 55.5 Å². The average Bonchev–Trinajstić information content (AvgIpc) is 3.24. The molecular weight excluding hydrogens is 528 g/mol. The fraction of sp³-hybridized carbons (Fsp3) is 0.120. The van der Waals surface area contributed by atoms with E-state index in [1.54, 1.807) is 19.1 Å². The molecule has 2 N–H and O–H groups in total. The number of carbonyl (C=O) groups excluding carboxylic acids is 1. The Morgan fingerprint density at radius 3 is 2.41 bits per heavy atom. The molecular formula is C25H22N6O7S. The maximum atomic E-state index is 13.3. The van der Waals surface area contributed by atoms with E-state index in [4.69, 9.17) is 4.74 Å². The maximum Gasteiger partial charge on any atom is 0.311 e. The Morgan fingerprint density at radius 2 is 1.82 bits per heavy atom. The van der Waals surface area contributed by atoms with Crippen LogP contribution in [0.15, 0.2) is 87.6 Å². The molecule has 0 aliphatic carbocycles. The molecule has 0 aliphatic heterocycles. The second kappa shape index (κ2) is 11.1. The highest BCUT2D eigenvalue weighted by molar-refractivity contribution is 7.92. The van der Waals surface area contributed by atoms with Gasteiger partial charge in [0.05, 0.1) is 51.7 Å². The summed E-state index contributed by atoms with van der Waals surface area (Å²) in [6.07, 6.45) is 1.20. The lowest BCUT2D eigenvalue weighted by Gasteiger charge is -2.07. The van der Waals surface area contributed by atoms with Gasteiger partial charge < -0.3 is 4.74 Å². The summed E-state index contributed by atoms with van der Waals surface area (Å²) < 4.78 is 33.6. The quantitative estimate of drug-likeness (QED) is 0.138. The Labute approximate surface area is 222 Å². The van der Waals surface area contributed by atoms with Crippen molar-refractivity contribution in [2.45, 2.75) is 18.2 Å². The van der Waals surface area contributed by atoms with Crippen LogP contribution in [0.3, 0.4) is 0 Å². The van der Waals surface area contributed by atoms with Crippen LogP contribution in [-0.4, -0.2) is 46.9 Å². The van der Waals surface area contributed by atoms with Crippen LogP contribution < -0.4 is 10.3 Å². The zero-order valence-electron chi connectivity index (χ0n) is 20.7. The number of non-ortho nitro benzene ring substituents is 1. The zero-order valence-corrected chi connectivity index (χ0v) is 21.5. The molecule has 4 rings (SSSR count). The van der Waals surface area contributed by atoms with Crippen LogP contribution in [0.1, 0.15) is 18.2 Å². The van der Waals surface area contributed by atoms with E-state index in [9.17, 15) is 28.1 Å². The lowest BCUT2D eigenvalue weighted by molar-refractivity contribution is -0.384. The van der Waals surface area contributed by atoms with Crippen LogP contribution in [0.2, 0.25) is 0 Å². The zero-order chi connectivity index (χ0) is 28.2. The number of nitrogens with one attached hydrogen (secondary N) is 2. The number of esters is 1. The Kier molecular flexibility index (Phi) is 7.67. The summed E-state index contributed by atoms with van der Waals surface area (Å²) in [5.41, 5.74) is 0.562. The Bertz CT molecular complexity index is 1710. The molecule has 2 aromatic carbocycles. The maximum absolute atomic E-state index is 13.3. The molecule has 13 nitrogen and oxygen atoms in total. The average molecular weight is 551 g/mol. The number of nitro benzene ring substituents is 1. The summed E-state index contributed by atoms with van der Waals surface area (Å²) in [5, 5.41) is 13.8. The number of aromatic amines is 1. The topological polar surface area (TPSA) is 179 Å². The van der Waals surface area contributed by atoms with Gasteiger partial charge in [0, 0.05) is 18.3 Å². The van der Waals surface area contributed by atoms with Crippen LogP contribution in [-0.2, 0) is 26.0 Å². The van der Waals surface area contributed by atoms with E-state index in [-0.39, 0.29) is 39.8 Å². The van der Waals surface area contributed by atoms with Gasteiger partial charge in [-0.3, -0.25) is 34.5 Å². The number of pyridine rings is 1. The number of H-pyrrole nitrogens is 1. The van der Waals surface area contributed by atoms with Crippen molar-refractivity contribution in [1.82, 2.24) is 14.8 Å². The number of sulfonamides is 1. The van der Waals surface area contributed by atoms with Gasteiger partial charge in [-0.25, -0.2) is 18.1 Å². The van der Waals surface area contributed by atoms with Gasteiger partial charge in [-0.15, -0.1) is 0 Å². The molecule has 0 radical (unpaired) electrons. The van der Waals surface area contributed by atoms with Crippen molar-refractivity contribution >= 4 is 38.9 Å². The lowest BCUT2D eigenvalue weighted by atomic mass is 10.1. The van der Waals surface area contributed by atoms with Crippen LogP contribution in [0, 0.1) is 10.1 Å². The summed E-state index contributed by atoms with van der Waals surface area (Å²) >= 11 is 0. The number of hydrogen-bond donors (Lipinski definition) is 2. The van der Waals surface area contributed by atoms with Gasteiger partial charge in [0.1, 0.15) is 5.82 Å². The fourth-order valence-electron chi connectivity index (χ4n) is 3.67. The molecule has 0 atom stereocenters. The van der Waals surface area contributed by atoms with Crippen molar-refractivity contribution in [2.24, 2.45) is 4.99 Å². The molecule has 0 saturated carbocycles. The first-order valence-electron chi connectivity index (χ1n) is 11.3. The summed E-state index contributed by atoms with van der Waals surface area (Å²) in [5.74, 6) is -0.429. The molecule has 0 spiro atoms. The molecule has 2 heterocycles. The number of hydrogen-bond acceptors (Lipinski definition) is 9. The standard InChI is InChI=1S/C25H22N6O7S/c1-16(27-17-6-12-20(13-7-17)39(36,37)29-22-5-3-4-14-26-22)24-21(15-23(32)38-2)28-30(25(24)33)18-8-10-19(11-9-18)31(34)35/h3-14,28H,15H2,1-2H3,(H,26,29). The van der Waals surface area contributed by atoms with Gasteiger partial charge in [0.25, 0.3) is 21.3 Å². The molecule has 0 fully saturated rings. The van der Waals surface area contributed by atoms with Crippen molar-refractivity contribution in [3.63, 3.8) is 0 Å². The van der Waals surface area contributed by atoms with E-state index in [0.29, 0.717) is 11.4 Å². The van der Waals surface area contributed by atoms with E-state index in [0.717, 1.165) is 4.68 Å². The lowest BCUT2D eigenvalue weighted by Crippen LogP contribution is -2.20. The van der Waals surface area contributed by atoms with E-state index < -0.39 is 26.5 Å². The summed E-state index contributed by atoms with van der Waals surface area (Å²) in [6, 6.07) is 15.8. The first kappa shape index (κ1) is 26.9. The van der Waals surface area contributed by atoms with E-state index in [2.05, 4.69) is 19.8 Å². The molecule has 0 bridgehead atoms. The van der Waals surface area contributed by atoms with Crippen molar-refractivity contribution in [3.05, 3.63) is 105 Å². The number of rotatable bonds is 9. The number of aliphatic imine (C=N–C) groups is 1. The number of carbonyl (C=O) groups is 1.